The zero-order valence-corrected chi connectivity index (χ0v) is 13.1. The summed E-state index contributed by atoms with van der Waals surface area (Å²) in [5.41, 5.74) is 1.36. The molecule has 1 aromatic rings. The monoisotopic (exact) mass is 298 g/mol. The SMILES string of the molecule is CCNc1ccc(Cl)cc1C(=O)N(CCCO)C(C)C. The van der Waals surface area contributed by atoms with E-state index in [1.165, 1.54) is 0 Å². The first-order valence-electron chi connectivity index (χ1n) is 6.96. The van der Waals surface area contributed by atoms with Gasteiger partial charge in [-0.05, 0) is 45.4 Å². The average molecular weight is 299 g/mol. The van der Waals surface area contributed by atoms with Gasteiger partial charge in [-0.2, -0.15) is 0 Å². The Morgan fingerprint density at radius 1 is 1.45 bits per heavy atom. The number of nitrogens with zero attached hydrogens (tertiary/aromatic N) is 1. The van der Waals surface area contributed by atoms with Crippen molar-refractivity contribution in [2.24, 2.45) is 0 Å². The van der Waals surface area contributed by atoms with Crippen molar-refractivity contribution >= 4 is 23.2 Å². The molecular weight excluding hydrogens is 276 g/mol. The topological polar surface area (TPSA) is 52.6 Å². The second kappa shape index (κ2) is 8.12. The second-order valence-electron chi connectivity index (χ2n) is 4.89. The Morgan fingerprint density at radius 3 is 2.70 bits per heavy atom. The Morgan fingerprint density at radius 2 is 2.15 bits per heavy atom. The number of carbonyl (C=O) groups is 1. The number of aliphatic hydroxyl groups excluding tert-OH is 1. The molecule has 0 radical (unpaired) electrons. The Labute approximate surface area is 125 Å². The predicted molar refractivity (Wildman–Crippen MR) is 83.5 cm³/mol. The maximum Gasteiger partial charge on any atom is 0.256 e. The molecule has 1 aromatic carbocycles. The van der Waals surface area contributed by atoms with Crippen LogP contribution in [0.2, 0.25) is 5.02 Å². The number of amides is 1. The molecule has 0 atom stereocenters. The Hall–Kier alpha value is -1.26. The van der Waals surface area contributed by atoms with Crippen molar-refractivity contribution in [2.75, 3.05) is 25.0 Å². The minimum absolute atomic E-state index is 0.0631. The number of benzene rings is 1. The van der Waals surface area contributed by atoms with Crippen LogP contribution >= 0.6 is 11.6 Å². The van der Waals surface area contributed by atoms with E-state index in [-0.39, 0.29) is 18.6 Å². The maximum absolute atomic E-state index is 12.7. The van der Waals surface area contributed by atoms with Gasteiger partial charge in [0.2, 0.25) is 0 Å². The third-order valence-corrected chi connectivity index (χ3v) is 3.26. The summed E-state index contributed by atoms with van der Waals surface area (Å²) in [6, 6.07) is 5.35. The molecule has 0 aliphatic carbocycles. The van der Waals surface area contributed by atoms with E-state index in [2.05, 4.69) is 5.32 Å². The highest BCUT2D eigenvalue weighted by atomic mass is 35.5. The second-order valence-corrected chi connectivity index (χ2v) is 5.33. The Balaban J connectivity index is 3.06. The summed E-state index contributed by atoms with van der Waals surface area (Å²) in [5.74, 6) is -0.0631. The number of halogens is 1. The molecule has 0 spiro atoms. The van der Waals surface area contributed by atoms with Crippen molar-refractivity contribution in [2.45, 2.75) is 33.2 Å². The molecular formula is C15H23ClN2O2. The fourth-order valence-electron chi connectivity index (χ4n) is 2.03. The first-order valence-corrected chi connectivity index (χ1v) is 7.34. The van der Waals surface area contributed by atoms with Crippen molar-refractivity contribution in [1.82, 2.24) is 4.90 Å². The normalized spacial score (nSPS) is 10.7. The van der Waals surface area contributed by atoms with Gasteiger partial charge in [0.25, 0.3) is 5.91 Å². The van der Waals surface area contributed by atoms with Crippen LogP contribution in [0.3, 0.4) is 0 Å². The van der Waals surface area contributed by atoms with Crippen molar-refractivity contribution in [3.8, 4) is 0 Å². The van der Waals surface area contributed by atoms with Gasteiger partial charge in [-0.25, -0.2) is 0 Å². The Kier molecular flexibility index (Phi) is 6.82. The summed E-state index contributed by atoms with van der Waals surface area (Å²) >= 11 is 6.01. The summed E-state index contributed by atoms with van der Waals surface area (Å²) in [5, 5.41) is 12.7. The average Bonchev–Trinajstić information content (AvgIpc) is 2.41. The number of hydrogen-bond donors (Lipinski definition) is 2. The lowest BCUT2D eigenvalue weighted by atomic mass is 10.1. The lowest BCUT2D eigenvalue weighted by Crippen LogP contribution is -2.38. The van der Waals surface area contributed by atoms with Crippen LogP contribution in [-0.4, -0.2) is 41.7 Å². The van der Waals surface area contributed by atoms with E-state index >= 15 is 0 Å². The highest BCUT2D eigenvalue weighted by Crippen LogP contribution is 2.23. The van der Waals surface area contributed by atoms with Gasteiger partial charge >= 0.3 is 0 Å². The van der Waals surface area contributed by atoms with Gasteiger partial charge in [-0.15, -0.1) is 0 Å². The van der Waals surface area contributed by atoms with Crippen LogP contribution in [0.25, 0.3) is 0 Å². The molecule has 0 unspecified atom stereocenters. The lowest BCUT2D eigenvalue weighted by molar-refractivity contribution is 0.0694. The van der Waals surface area contributed by atoms with Crippen LogP contribution in [0, 0.1) is 0 Å². The van der Waals surface area contributed by atoms with Crippen LogP contribution in [0.15, 0.2) is 18.2 Å². The van der Waals surface area contributed by atoms with Crippen molar-refractivity contribution in [3.63, 3.8) is 0 Å². The van der Waals surface area contributed by atoms with Gasteiger partial charge in [0.15, 0.2) is 0 Å². The Bertz CT molecular complexity index is 449. The molecule has 0 bridgehead atoms. The zero-order valence-electron chi connectivity index (χ0n) is 12.3. The summed E-state index contributed by atoms with van der Waals surface area (Å²) in [4.78, 5) is 14.4. The molecule has 0 saturated heterocycles. The fourth-order valence-corrected chi connectivity index (χ4v) is 2.20. The molecule has 0 aliphatic heterocycles. The number of carbonyl (C=O) groups excluding carboxylic acids is 1. The highest BCUT2D eigenvalue weighted by molar-refractivity contribution is 6.31. The van der Waals surface area contributed by atoms with Gasteiger partial charge in [0, 0.05) is 36.4 Å². The van der Waals surface area contributed by atoms with E-state index in [0.717, 1.165) is 12.2 Å². The molecule has 1 rings (SSSR count). The standard InChI is InChI=1S/C15H23ClN2O2/c1-4-17-14-7-6-12(16)10-13(14)15(20)18(11(2)3)8-5-9-19/h6-7,10-11,17,19H,4-5,8-9H2,1-3H3. The van der Waals surface area contributed by atoms with Gasteiger partial charge in [-0.3, -0.25) is 4.79 Å². The minimum Gasteiger partial charge on any atom is -0.396 e. The van der Waals surface area contributed by atoms with E-state index in [4.69, 9.17) is 16.7 Å². The third kappa shape index (κ3) is 4.39. The minimum atomic E-state index is -0.0631. The van der Waals surface area contributed by atoms with E-state index in [0.29, 0.717) is 23.6 Å². The number of hydrogen-bond acceptors (Lipinski definition) is 3. The maximum atomic E-state index is 12.7. The molecule has 20 heavy (non-hydrogen) atoms. The van der Waals surface area contributed by atoms with Crippen LogP contribution in [0.4, 0.5) is 5.69 Å². The zero-order chi connectivity index (χ0) is 15.1. The van der Waals surface area contributed by atoms with E-state index in [9.17, 15) is 4.79 Å². The quantitative estimate of drug-likeness (QED) is 0.813. The first kappa shape index (κ1) is 16.8. The molecule has 4 nitrogen and oxygen atoms in total. The summed E-state index contributed by atoms with van der Waals surface area (Å²) < 4.78 is 0. The first-order chi connectivity index (χ1) is 9.51. The molecule has 2 N–H and O–H groups in total. The third-order valence-electron chi connectivity index (χ3n) is 3.02. The van der Waals surface area contributed by atoms with E-state index in [1.54, 1.807) is 17.0 Å². The number of anilines is 1. The molecule has 5 heteroatoms. The number of rotatable bonds is 7. The summed E-state index contributed by atoms with van der Waals surface area (Å²) in [6.07, 6.45) is 0.570. The number of aliphatic hydroxyl groups is 1. The largest absolute Gasteiger partial charge is 0.396 e. The van der Waals surface area contributed by atoms with Gasteiger partial charge in [0.05, 0.1) is 5.56 Å². The molecule has 0 aromatic heterocycles. The van der Waals surface area contributed by atoms with Crippen LogP contribution in [0.1, 0.15) is 37.6 Å². The summed E-state index contributed by atoms with van der Waals surface area (Å²) in [6.45, 7) is 7.26. The molecule has 0 heterocycles. The van der Waals surface area contributed by atoms with Crippen LogP contribution in [0.5, 0.6) is 0 Å². The van der Waals surface area contributed by atoms with Crippen molar-refractivity contribution in [3.05, 3.63) is 28.8 Å². The van der Waals surface area contributed by atoms with Crippen LogP contribution < -0.4 is 5.32 Å². The van der Waals surface area contributed by atoms with E-state index < -0.39 is 0 Å². The van der Waals surface area contributed by atoms with Gasteiger partial charge in [-0.1, -0.05) is 11.6 Å². The molecule has 1 amide bonds. The van der Waals surface area contributed by atoms with Gasteiger partial charge in [0.1, 0.15) is 0 Å². The predicted octanol–water partition coefficient (Wildman–Crippen LogP) is 3.00. The van der Waals surface area contributed by atoms with Crippen LogP contribution in [-0.2, 0) is 0 Å². The fraction of sp³-hybridized carbons (Fsp3) is 0.533. The molecule has 0 saturated carbocycles. The highest BCUT2D eigenvalue weighted by Gasteiger charge is 2.21. The lowest BCUT2D eigenvalue weighted by Gasteiger charge is -2.27. The van der Waals surface area contributed by atoms with E-state index in [1.807, 2.05) is 26.8 Å². The molecule has 0 aliphatic rings. The summed E-state index contributed by atoms with van der Waals surface area (Å²) in [7, 11) is 0. The number of nitrogens with one attached hydrogen (secondary N) is 1. The van der Waals surface area contributed by atoms with Crippen molar-refractivity contribution in [1.29, 1.82) is 0 Å². The van der Waals surface area contributed by atoms with Crippen molar-refractivity contribution < 1.29 is 9.90 Å². The molecule has 0 fully saturated rings. The molecule has 112 valence electrons. The smallest absolute Gasteiger partial charge is 0.256 e. The van der Waals surface area contributed by atoms with Gasteiger partial charge < -0.3 is 15.3 Å².